The third-order valence-corrected chi connectivity index (χ3v) is 4.69. The second-order valence-electron chi connectivity index (χ2n) is 4.43. The van der Waals surface area contributed by atoms with Crippen LogP contribution in [0.4, 0.5) is 0 Å². The van der Waals surface area contributed by atoms with E-state index in [0.29, 0.717) is 5.41 Å². The molecule has 2 heterocycles. The maximum Gasteiger partial charge on any atom is 0.0798 e. The van der Waals surface area contributed by atoms with E-state index in [1.807, 2.05) is 5.51 Å². The molecule has 3 rings (SSSR count). The molecule has 1 aliphatic carbocycles. The van der Waals surface area contributed by atoms with Gasteiger partial charge >= 0.3 is 0 Å². The van der Waals surface area contributed by atoms with E-state index in [0.717, 1.165) is 19.5 Å². The standard InChI is InChI=1S/C10H15N3S/c11-9-8-7(13-6-14-8)5-10(9)1-3-12-4-2-10/h6,9,12H,1-5,11H2. The lowest BCUT2D eigenvalue weighted by molar-refractivity contribution is 0.174. The number of nitrogens with one attached hydrogen (secondary N) is 1. The molecule has 3 nitrogen and oxygen atoms in total. The van der Waals surface area contributed by atoms with E-state index in [4.69, 9.17) is 5.73 Å². The summed E-state index contributed by atoms with van der Waals surface area (Å²) in [4.78, 5) is 5.75. The van der Waals surface area contributed by atoms with Gasteiger partial charge in [-0.05, 0) is 37.8 Å². The van der Waals surface area contributed by atoms with Gasteiger partial charge in [0.05, 0.1) is 11.2 Å². The number of piperidine rings is 1. The van der Waals surface area contributed by atoms with Crippen molar-refractivity contribution in [2.75, 3.05) is 13.1 Å². The predicted molar refractivity (Wildman–Crippen MR) is 57.3 cm³/mol. The molecule has 2 aliphatic rings. The lowest BCUT2D eigenvalue weighted by Gasteiger charge is -2.37. The highest BCUT2D eigenvalue weighted by atomic mass is 32.1. The average molecular weight is 209 g/mol. The number of rotatable bonds is 0. The van der Waals surface area contributed by atoms with E-state index in [-0.39, 0.29) is 6.04 Å². The molecule has 14 heavy (non-hydrogen) atoms. The monoisotopic (exact) mass is 209 g/mol. The summed E-state index contributed by atoms with van der Waals surface area (Å²) in [5.41, 5.74) is 9.87. The summed E-state index contributed by atoms with van der Waals surface area (Å²) in [6.07, 6.45) is 3.52. The molecule has 76 valence electrons. The first-order valence-corrected chi connectivity index (χ1v) is 6.08. The Hall–Kier alpha value is -0.450. The summed E-state index contributed by atoms with van der Waals surface area (Å²) in [6, 6.07) is 0.243. The van der Waals surface area contributed by atoms with Crippen LogP contribution in [0.5, 0.6) is 0 Å². The third kappa shape index (κ3) is 1.08. The minimum Gasteiger partial charge on any atom is -0.323 e. The lowest BCUT2D eigenvalue weighted by atomic mass is 9.74. The zero-order chi connectivity index (χ0) is 9.60. The van der Waals surface area contributed by atoms with Crippen LogP contribution in [0.1, 0.15) is 29.5 Å². The van der Waals surface area contributed by atoms with Crippen LogP contribution >= 0.6 is 11.3 Å². The molecule has 1 unspecified atom stereocenters. The van der Waals surface area contributed by atoms with Gasteiger partial charge in [0.25, 0.3) is 0 Å². The highest BCUT2D eigenvalue weighted by molar-refractivity contribution is 7.09. The normalized spacial score (nSPS) is 29.4. The molecule has 4 heteroatoms. The van der Waals surface area contributed by atoms with Crippen molar-refractivity contribution in [1.29, 1.82) is 0 Å². The molecule has 0 aromatic carbocycles. The van der Waals surface area contributed by atoms with E-state index >= 15 is 0 Å². The topological polar surface area (TPSA) is 50.9 Å². The van der Waals surface area contributed by atoms with Crippen LogP contribution in [0.2, 0.25) is 0 Å². The van der Waals surface area contributed by atoms with Gasteiger partial charge in [0.2, 0.25) is 0 Å². The first kappa shape index (κ1) is 8.83. The Morgan fingerprint density at radius 1 is 1.50 bits per heavy atom. The van der Waals surface area contributed by atoms with Gasteiger partial charge in [0, 0.05) is 10.9 Å². The highest BCUT2D eigenvalue weighted by Gasteiger charge is 2.46. The van der Waals surface area contributed by atoms with Gasteiger partial charge in [-0.3, -0.25) is 0 Å². The Bertz CT molecular complexity index is 341. The molecule has 1 saturated heterocycles. The molecule has 0 saturated carbocycles. The first-order valence-electron chi connectivity index (χ1n) is 5.20. The van der Waals surface area contributed by atoms with Crippen molar-refractivity contribution in [3.63, 3.8) is 0 Å². The van der Waals surface area contributed by atoms with Crippen molar-refractivity contribution < 1.29 is 0 Å². The maximum absolute atomic E-state index is 6.34. The summed E-state index contributed by atoms with van der Waals surface area (Å²) in [7, 11) is 0. The van der Waals surface area contributed by atoms with Gasteiger partial charge in [0.1, 0.15) is 0 Å². The first-order chi connectivity index (χ1) is 6.82. The van der Waals surface area contributed by atoms with E-state index in [9.17, 15) is 0 Å². The van der Waals surface area contributed by atoms with E-state index in [1.54, 1.807) is 11.3 Å². The second kappa shape index (κ2) is 3.02. The van der Waals surface area contributed by atoms with Crippen LogP contribution in [0.25, 0.3) is 0 Å². The number of aromatic nitrogens is 1. The van der Waals surface area contributed by atoms with Gasteiger partial charge in [-0.2, -0.15) is 0 Å². The molecule has 1 aromatic rings. The zero-order valence-electron chi connectivity index (χ0n) is 8.12. The molecule has 1 atom stereocenters. The molecule has 0 bridgehead atoms. The quantitative estimate of drug-likeness (QED) is 0.672. The summed E-state index contributed by atoms with van der Waals surface area (Å²) in [5.74, 6) is 0. The lowest BCUT2D eigenvalue weighted by Crippen LogP contribution is -2.42. The molecule has 3 N–H and O–H groups in total. The number of hydrogen-bond acceptors (Lipinski definition) is 4. The van der Waals surface area contributed by atoms with Crippen molar-refractivity contribution >= 4 is 11.3 Å². The average Bonchev–Trinajstić information content (AvgIpc) is 2.73. The number of nitrogens with zero attached hydrogens (tertiary/aromatic N) is 1. The summed E-state index contributed by atoms with van der Waals surface area (Å²) < 4.78 is 0. The van der Waals surface area contributed by atoms with Crippen LogP contribution in [0.15, 0.2) is 5.51 Å². The fourth-order valence-electron chi connectivity index (χ4n) is 2.80. The Morgan fingerprint density at radius 2 is 2.29 bits per heavy atom. The van der Waals surface area contributed by atoms with Crippen LogP contribution in [0, 0.1) is 5.41 Å². The van der Waals surface area contributed by atoms with Gasteiger partial charge in [-0.1, -0.05) is 0 Å². The van der Waals surface area contributed by atoms with E-state index in [2.05, 4.69) is 10.3 Å². The van der Waals surface area contributed by atoms with Crippen LogP contribution < -0.4 is 11.1 Å². The third-order valence-electron chi connectivity index (χ3n) is 3.73. The molecule has 1 aromatic heterocycles. The largest absolute Gasteiger partial charge is 0.323 e. The predicted octanol–water partition coefficient (Wildman–Crippen LogP) is 1.07. The molecular weight excluding hydrogens is 194 g/mol. The van der Waals surface area contributed by atoms with Crippen LogP contribution in [-0.4, -0.2) is 18.1 Å². The molecular formula is C10H15N3S. The van der Waals surface area contributed by atoms with Crippen molar-refractivity contribution in [2.24, 2.45) is 11.1 Å². The molecule has 1 fully saturated rings. The number of nitrogens with two attached hydrogens (primary N) is 1. The van der Waals surface area contributed by atoms with E-state index in [1.165, 1.54) is 23.4 Å². The zero-order valence-corrected chi connectivity index (χ0v) is 8.94. The smallest absolute Gasteiger partial charge is 0.0798 e. The van der Waals surface area contributed by atoms with E-state index < -0.39 is 0 Å². The summed E-state index contributed by atoms with van der Waals surface area (Å²) in [6.45, 7) is 2.23. The molecule has 0 radical (unpaired) electrons. The molecule has 0 amide bonds. The van der Waals surface area contributed by atoms with Gasteiger partial charge in [-0.15, -0.1) is 11.3 Å². The van der Waals surface area contributed by atoms with Crippen molar-refractivity contribution in [2.45, 2.75) is 25.3 Å². The minimum absolute atomic E-state index is 0.243. The number of fused-ring (bicyclic) bond motifs is 1. The summed E-state index contributed by atoms with van der Waals surface area (Å²) >= 11 is 1.73. The Kier molecular flexibility index (Phi) is 1.90. The van der Waals surface area contributed by atoms with Gasteiger partial charge in [0.15, 0.2) is 0 Å². The van der Waals surface area contributed by atoms with Crippen LogP contribution in [0.3, 0.4) is 0 Å². The maximum atomic E-state index is 6.34. The Labute approximate surface area is 87.7 Å². The fraction of sp³-hybridized carbons (Fsp3) is 0.700. The summed E-state index contributed by atoms with van der Waals surface area (Å²) in [5, 5.41) is 3.40. The Morgan fingerprint density at radius 3 is 3.00 bits per heavy atom. The van der Waals surface area contributed by atoms with Gasteiger partial charge < -0.3 is 11.1 Å². The molecule has 1 aliphatic heterocycles. The number of hydrogen-bond donors (Lipinski definition) is 2. The SMILES string of the molecule is NC1c2scnc2CC12CCNCC2. The molecule has 1 spiro atoms. The second-order valence-corrected chi connectivity index (χ2v) is 5.32. The van der Waals surface area contributed by atoms with Crippen molar-refractivity contribution in [3.8, 4) is 0 Å². The number of thiazole rings is 1. The fourth-order valence-corrected chi connectivity index (χ4v) is 3.75. The van der Waals surface area contributed by atoms with Crippen LogP contribution in [-0.2, 0) is 6.42 Å². The van der Waals surface area contributed by atoms with Crippen molar-refractivity contribution in [3.05, 3.63) is 16.1 Å². The van der Waals surface area contributed by atoms with Gasteiger partial charge in [-0.25, -0.2) is 4.98 Å². The van der Waals surface area contributed by atoms with Crippen molar-refractivity contribution in [1.82, 2.24) is 10.3 Å². The highest BCUT2D eigenvalue weighted by Crippen LogP contribution is 2.50. The minimum atomic E-state index is 0.243. The Balaban J connectivity index is 1.94.